The summed E-state index contributed by atoms with van der Waals surface area (Å²) < 4.78 is 0. The first-order valence-corrected chi connectivity index (χ1v) is 4.60. The molecule has 0 saturated carbocycles. The molecule has 12 heavy (non-hydrogen) atoms. The predicted molar refractivity (Wildman–Crippen MR) is 51.0 cm³/mol. The average Bonchev–Trinajstić information content (AvgIpc) is 2.03. The quantitative estimate of drug-likeness (QED) is 0.581. The number of carbonyl (C=O) groups excluding carboxylic acids is 1. The molecule has 0 aliphatic carbocycles. The highest BCUT2D eigenvalue weighted by atomic mass is 16.1. The summed E-state index contributed by atoms with van der Waals surface area (Å²) in [4.78, 5) is 11.0. The topological polar surface area (TPSA) is 41.1 Å². The van der Waals surface area contributed by atoms with Gasteiger partial charge in [0, 0.05) is 12.5 Å². The largest absolute Gasteiger partial charge is 0.356 e. The molecule has 0 saturated heterocycles. The molecule has 1 amide bonds. The van der Waals surface area contributed by atoms with Gasteiger partial charge in [-0.3, -0.25) is 4.79 Å². The van der Waals surface area contributed by atoms with Crippen molar-refractivity contribution < 1.29 is 4.79 Å². The van der Waals surface area contributed by atoms with E-state index in [1.807, 2.05) is 20.9 Å². The van der Waals surface area contributed by atoms with E-state index in [-0.39, 0.29) is 11.8 Å². The van der Waals surface area contributed by atoms with Crippen molar-refractivity contribution in [2.75, 3.05) is 20.1 Å². The fraction of sp³-hybridized carbons (Fsp3) is 0.889. The van der Waals surface area contributed by atoms with Crippen molar-refractivity contribution in [3.05, 3.63) is 0 Å². The van der Waals surface area contributed by atoms with Crippen LogP contribution in [0.3, 0.4) is 0 Å². The van der Waals surface area contributed by atoms with Crippen molar-refractivity contribution in [2.24, 2.45) is 5.92 Å². The summed E-state index contributed by atoms with van der Waals surface area (Å²) in [7, 11) is 1.94. The third-order valence-corrected chi connectivity index (χ3v) is 1.68. The summed E-state index contributed by atoms with van der Waals surface area (Å²) in [5, 5.41) is 5.94. The fourth-order valence-corrected chi connectivity index (χ4v) is 0.842. The molecule has 2 N–H and O–H groups in total. The maximum Gasteiger partial charge on any atom is 0.222 e. The summed E-state index contributed by atoms with van der Waals surface area (Å²) >= 11 is 0. The van der Waals surface area contributed by atoms with Crippen LogP contribution in [0.15, 0.2) is 0 Å². The average molecular weight is 172 g/mol. The van der Waals surface area contributed by atoms with Gasteiger partial charge < -0.3 is 10.6 Å². The van der Waals surface area contributed by atoms with Gasteiger partial charge in [-0.25, -0.2) is 0 Å². The molecule has 0 radical (unpaired) electrons. The van der Waals surface area contributed by atoms with Gasteiger partial charge in [-0.15, -0.1) is 0 Å². The lowest BCUT2D eigenvalue weighted by molar-refractivity contribution is -0.123. The Morgan fingerprint density at radius 1 is 1.25 bits per heavy atom. The molecule has 0 spiro atoms. The molecule has 0 aromatic carbocycles. The number of rotatable bonds is 6. The van der Waals surface area contributed by atoms with Crippen LogP contribution in [0.2, 0.25) is 0 Å². The Hall–Kier alpha value is -0.570. The van der Waals surface area contributed by atoms with Gasteiger partial charge in [0.05, 0.1) is 0 Å². The summed E-state index contributed by atoms with van der Waals surface area (Å²) in [6.07, 6.45) is 2.17. The normalized spacial score (nSPS) is 10.3. The van der Waals surface area contributed by atoms with E-state index in [1.54, 1.807) is 0 Å². The Morgan fingerprint density at radius 2 is 1.83 bits per heavy atom. The minimum absolute atomic E-state index is 0.106. The van der Waals surface area contributed by atoms with E-state index in [2.05, 4.69) is 10.6 Å². The zero-order chi connectivity index (χ0) is 9.40. The molecule has 3 nitrogen and oxygen atoms in total. The number of carbonyl (C=O) groups is 1. The number of hydrogen-bond donors (Lipinski definition) is 2. The van der Waals surface area contributed by atoms with Crippen LogP contribution >= 0.6 is 0 Å². The Bertz CT molecular complexity index is 124. The van der Waals surface area contributed by atoms with Gasteiger partial charge in [-0.2, -0.15) is 0 Å². The lowest BCUT2D eigenvalue weighted by Gasteiger charge is -2.06. The number of nitrogens with one attached hydrogen (secondary N) is 2. The van der Waals surface area contributed by atoms with Crippen molar-refractivity contribution in [2.45, 2.75) is 26.7 Å². The molecule has 0 unspecified atom stereocenters. The van der Waals surface area contributed by atoms with Crippen LogP contribution in [0.4, 0.5) is 0 Å². The number of amides is 1. The standard InChI is InChI=1S/C9H20N2O/c1-8(2)9(12)11-7-5-4-6-10-3/h8,10H,4-7H2,1-3H3,(H,11,12). The Morgan fingerprint density at radius 3 is 2.33 bits per heavy atom. The maximum absolute atomic E-state index is 11.0. The molecule has 0 heterocycles. The molecule has 0 rings (SSSR count). The van der Waals surface area contributed by atoms with E-state index >= 15 is 0 Å². The molecule has 72 valence electrons. The van der Waals surface area contributed by atoms with Crippen molar-refractivity contribution in [1.82, 2.24) is 10.6 Å². The fourth-order valence-electron chi connectivity index (χ4n) is 0.842. The first kappa shape index (κ1) is 11.4. The lowest BCUT2D eigenvalue weighted by atomic mass is 10.2. The van der Waals surface area contributed by atoms with E-state index in [4.69, 9.17) is 0 Å². The van der Waals surface area contributed by atoms with Crippen LogP contribution in [0.1, 0.15) is 26.7 Å². The Balaban J connectivity index is 3.14. The van der Waals surface area contributed by atoms with Gasteiger partial charge in [0.1, 0.15) is 0 Å². The molecule has 0 bridgehead atoms. The van der Waals surface area contributed by atoms with Gasteiger partial charge in [0.2, 0.25) is 5.91 Å². The van der Waals surface area contributed by atoms with Crippen LogP contribution in [-0.4, -0.2) is 26.0 Å². The smallest absolute Gasteiger partial charge is 0.222 e. The molecule has 3 heteroatoms. The van der Waals surface area contributed by atoms with Gasteiger partial charge in [0.15, 0.2) is 0 Å². The van der Waals surface area contributed by atoms with E-state index in [0.29, 0.717) is 0 Å². The zero-order valence-electron chi connectivity index (χ0n) is 8.31. The Labute approximate surface area is 74.9 Å². The zero-order valence-corrected chi connectivity index (χ0v) is 8.31. The monoisotopic (exact) mass is 172 g/mol. The van der Waals surface area contributed by atoms with Crippen molar-refractivity contribution >= 4 is 5.91 Å². The second-order valence-electron chi connectivity index (χ2n) is 3.26. The molecule has 0 aromatic rings. The van der Waals surface area contributed by atoms with Crippen LogP contribution in [0.5, 0.6) is 0 Å². The van der Waals surface area contributed by atoms with Gasteiger partial charge in [-0.1, -0.05) is 13.8 Å². The highest BCUT2D eigenvalue weighted by Crippen LogP contribution is 1.91. The minimum atomic E-state index is 0.106. The van der Waals surface area contributed by atoms with Crippen LogP contribution < -0.4 is 10.6 Å². The van der Waals surface area contributed by atoms with Gasteiger partial charge in [0.25, 0.3) is 0 Å². The highest BCUT2D eigenvalue weighted by Gasteiger charge is 2.03. The maximum atomic E-state index is 11.0. The third-order valence-electron chi connectivity index (χ3n) is 1.68. The molecule has 0 aromatic heterocycles. The van der Waals surface area contributed by atoms with Gasteiger partial charge in [-0.05, 0) is 26.4 Å². The molecular formula is C9H20N2O. The molecule has 0 aliphatic rings. The first-order chi connectivity index (χ1) is 5.68. The van der Waals surface area contributed by atoms with Crippen LogP contribution in [0, 0.1) is 5.92 Å². The van der Waals surface area contributed by atoms with Crippen molar-refractivity contribution in [3.8, 4) is 0 Å². The molecule has 0 aliphatic heterocycles. The molecule has 0 fully saturated rings. The van der Waals surface area contributed by atoms with E-state index in [1.165, 1.54) is 0 Å². The third kappa shape index (κ3) is 6.16. The minimum Gasteiger partial charge on any atom is -0.356 e. The molecular weight excluding hydrogens is 152 g/mol. The number of hydrogen-bond acceptors (Lipinski definition) is 2. The van der Waals surface area contributed by atoms with Crippen molar-refractivity contribution in [1.29, 1.82) is 0 Å². The summed E-state index contributed by atoms with van der Waals surface area (Å²) in [6, 6.07) is 0. The van der Waals surface area contributed by atoms with Gasteiger partial charge >= 0.3 is 0 Å². The van der Waals surface area contributed by atoms with E-state index in [0.717, 1.165) is 25.9 Å². The summed E-state index contributed by atoms with van der Waals surface area (Å²) in [5.41, 5.74) is 0. The second-order valence-corrected chi connectivity index (χ2v) is 3.26. The van der Waals surface area contributed by atoms with Crippen LogP contribution in [0.25, 0.3) is 0 Å². The number of unbranched alkanes of at least 4 members (excludes halogenated alkanes) is 1. The predicted octanol–water partition coefficient (Wildman–Crippen LogP) is 0.758. The van der Waals surface area contributed by atoms with E-state index in [9.17, 15) is 4.79 Å². The van der Waals surface area contributed by atoms with E-state index < -0.39 is 0 Å². The van der Waals surface area contributed by atoms with Crippen molar-refractivity contribution in [3.63, 3.8) is 0 Å². The lowest BCUT2D eigenvalue weighted by Crippen LogP contribution is -2.28. The van der Waals surface area contributed by atoms with Crippen LogP contribution in [-0.2, 0) is 4.79 Å². The second kappa shape index (κ2) is 7.10. The first-order valence-electron chi connectivity index (χ1n) is 4.60. The molecule has 0 atom stereocenters. The highest BCUT2D eigenvalue weighted by molar-refractivity contribution is 5.77. The SMILES string of the molecule is CNCCCCNC(=O)C(C)C. The summed E-state index contributed by atoms with van der Waals surface area (Å²) in [5.74, 6) is 0.258. The summed E-state index contributed by atoms with van der Waals surface area (Å²) in [6.45, 7) is 5.64. The Kier molecular flexibility index (Phi) is 6.76.